The van der Waals surface area contributed by atoms with Crippen LogP contribution in [0.25, 0.3) is 0 Å². The van der Waals surface area contributed by atoms with E-state index in [1.807, 2.05) is 45.0 Å². The fourth-order valence-corrected chi connectivity index (χ4v) is 2.22. The topological polar surface area (TPSA) is 47.6 Å². The molecule has 0 saturated heterocycles. The van der Waals surface area contributed by atoms with Gasteiger partial charge in [0.2, 0.25) is 0 Å². The maximum atomic E-state index is 11.4. The normalized spacial score (nSPS) is 10.2. The smallest absolute Gasteiger partial charge is 0.412 e. The molecule has 0 fully saturated rings. The van der Waals surface area contributed by atoms with Crippen molar-refractivity contribution in [3.05, 3.63) is 58.7 Å². The fraction of sp³-hybridized carbons (Fsp3) is 0.278. The Morgan fingerprint density at radius 3 is 2.50 bits per heavy atom. The highest BCUT2D eigenvalue weighted by molar-refractivity contribution is 5.70. The first kappa shape index (κ1) is 15.9. The molecule has 0 spiro atoms. The number of carbonyl (C=O) groups excluding carboxylic acids is 1. The number of aryl methyl sites for hydroxylation is 3. The number of carbonyl (C=O) groups is 1. The van der Waals surface area contributed by atoms with E-state index in [1.54, 1.807) is 6.07 Å². The van der Waals surface area contributed by atoms with Crippen LogP contribution in [0.15, 0.2) is 36.4 Å². The van der Waals surface area contributed by atoms with E-state index in [4.69, 9.17) is 9.47 Å². The minimum absolute atomic E-state index is 0.350. The van der Waals surface area contributed by atoms with Crippen molar-refractivity contribution in [2.24, 2.45) is 0 Å². The summed E-state index contributed by atoms with van der Waals surface area (Å²) in [6.07, 6.45) is -0.488. The third-order valence-electron chi connectivity index (χ3n) is 3.48. The molecule has 1 N–H and O–H groups in total. The van der Waals surface area contributed by atoms with Gasteiger partial charge in [0, 0.05) is 12.6 Å². The predicted molar refractivity (Wildman–Crippen MR) is 86.5 cm³/mol. The van der Waals surface area contributed by atoms with Crippen molar-refractivity contribution in [3.8, 4) is 11.5 Å². The van der Waals surface area contributed by atoms with Gasteiger partial charge in [0.25, 0.3) is 0 Å². The van der Waals surface area contributed by atoms with Gasteiger partial charge in [0.05, 0.1) is 0 Å². The van der Waals surface area contributed by atoms with Crippen molar-refractivity contribution in [1.29, 1.82) is 0 Å². The van der Waals surface area contributed by atoms with E-state index in [1.165, 1.54) is 12.6 Å². The summed E-state index contributed by atoms with van der Waals surface area (Å²) in [4.78, 5) is 11.4. The molecule has 0 heterocycles. The molecule has 0 atom stereocenters. The maximum Gasteiger partial charge on any atom is 0.412 e. The molecule has 116 valence electrons. The molecule has 2 aromatic rings. The van der Waals surface area contributed by atoms with Gasteiger partial charge in [-0.2, -0.15) is 0 Å². The van der Waals surface area contributed by atoms with Gasteiger partial charge in [-0.1, -0.05) is 29.8 Å². The van der Waals surface area contributed by atoms with Gasteiger partial charge in [-0.15, -0.1) is 0 Å². The van der Waals surface area contributed by atoms with Crippen molar-refractivity contribution in [2.45, 2.75) is 27.4 Å². The van der Waals surface area contributed by atoms with Gasteiger partial charge < -0.3 is 14.8 Å². The lowest BCUT2D eigenvalue weighted by molar-refractivity contribution is 0.201. The molecule has 0 bridgehead atoms. The lowest BCUT2D eigenvalue weighted by Crippen LogP contribution is -2.23. The first-order valence-corrected chi connectivity index (χ1v) is 7.19. The Balaban J connectivity index is 2.19. The summed E-state index contributed by atoms with van der Waals surface area (Å²) >= 11 is 0. The second-order valence-electron chi connectivity index (χ2n) is 5.25. The van der Waals surface area contributed by atoms with E-state index < -0.39 is 6.09 Å². The molecule has 0 aliphatic rings. The lowest BCUT2D eigenvalue weighted by atomic mass is 10.1. The molecule has 2 rings (SSSR count). The second kappa shape index (κ2) is 6.98. The number of amides is 1. The van der Waals surface area contributed by atoms with E-state index in [-0.39, 0.29) is 0 Å². The van der Waals surface area contributed by atoms with E-state index in [2.05, 4.69) is 11.4 Å². The highest BCUT2D eigenvalue weighted by Crippen LogP contribution is 2.26. The van der Waals surface area contributed by atoms with Gasteiger partial charge in [-0.3, -0.25) is 0 Å². The number of rotatable bonds is 4. The Hall–Kier alpha value is -2.49. The summed E-state index contributed by atoms with van der Waals surface area (Å²) in [5.41, 5.74) is 4.17. The Kier molecular flexibility index (Phi) is 5.04. The Bertz CT molecular complexity index is 680. The van der Waals surface area contributed by atoms with Crippen LogP contribution in [0.4, 0.5) is 4.79 Å². The summed E-state index contributed by atoms with van der Waals surface area (Å²) in [7, 11) is 1.53. The molecule has 22 heavy (non-hydrogen) atoms. The van der Waals surface area contributed by atoms with Crippen LogP contribution >= 0.6 is 0 Å². The van der Waals surface area contributed by atoms with Crippen LogP contribution in [0.2, 0.25) is 0 Å². The highest BCUT2D eigenvalue weighted by Gasteiger charge is 2.11. The van der Waals surface area contributed by atoms with Crippen LogP contribution < -0.4 is 14.8 Å². The SMILES string of the molecule is CNC(=O)Oc1cccc(C)c1COc1ccc(C)cc1C. The summed E-state index contributed by atoms with van der Waals surface area (Å²) in [6.45, 7) is 6.38. The average Bonchev–Trinajstić information content (AvgIpc) is 2.48. The molecule has 1 amide bonds. The van der Waals surface area contributed by atoms with Crippen molar-refractivity contribution in [1.82, 2.24) is 5.32 Å². The molecule has 0 aromatic heterocycles. The van der Waals surface area contributed by atoms with Gasteiger partial charge in [0.1, 0.15) is 18.1 Å². The quantitative estimate of drug-likeness (QED) is 0.931. The molecule has 2 aromatic carbocycles. The third kappa shape index (κ3) is 3.79. The van der Waals surface area contributed by atoms with Crippen molar-refractivity contribution in [2.75, 3.05) is 7.05 Å². The summed E-state index contributed by atoms with van der Waals surface area (Å²) < 4.78 is 11.2. The first-order chi connectivity index (χ1) is 10.5. The zero-order valence-electron chi connectivity index (χ0n) is 13.4. The van der Waals surface area contributed by atoms with Gasteiger partial charge in [-0.25, -0.2) is 4.79 Å². The third-order valence-corrected chi connectivity index (χ3v) is 3.48. The maximum absolute atomic E-state index is 11.4. The predicted octanol–water partition coefficient (Wildman–Crippen LogP) is 3.91. The van der Waals surface area contributed by atoms with Crippen LogP contribution in [0.5, 0.6) is 11.5 Å². The summed E-state index contributed by atoms with van der Waals surface area (Å²) in [5.74, 6) is 1.35. The highest BCUT2D eigenvalue weighted by atomic mass is 16.6. The van der Waals surface area contributed by atoms with Crippen LogP contribution in [-0.4, -0.2) is 13.1 Å². The summed E-state index contributed by atoms with van der Waals surface area (Å²) in [5, 5.41) is 2.45. The first-order valence-electron chi connectivity index (χ1n) is 7.19. The molecule has 4 heteroatoms. The van der Waals surface area contributed by atoms with E-state index in [9.17, 15) is 4.79 Å². The fourth-order valence-electron chi connectivity index (χ4n) is 2.22. The Labute approximate surface area is 131 Å². The number of hydrogen-bond donors (Lipinski definition) is 1. The largest absolute Gasteiger partial charge is 0.488 e. The lowest BCUT2D eigenvalue weighted by Gasteiger charge is -2.15. The molecule has 0 saturated carbocycles. The van der Waals surface area contributed by atoms with Gasteiger partial charge in [-0.05, 0) is 44.0 Å². The van der Waals surface area contributed by atoms with Crippen LogP contribution in [-0.2, 0) is 6.61 Å². The van der Waals surface area contributed by atoms with E-state index in [0.29, 0.717) is 12.4 Å². The van der Waals surface area contributed by atoms with Crippen molar-refractivity contribution < 1.29 is 14.3 Å². The summed E-state index contributed by atoms with van der Waals surface area (Å²) in [6, 6.07) is 11.6. The molecular formula is C18H21NO3. The zero-order valence-corrected chi connectivity index (χ0v) is 13.4. The minimum atomic E-state index is -0.488. The zero-order chi connectivity index (χ0) is 16.1. The minimum Gasteiger partial charge on any atom is -0.488 e. The van der Waals surface area contributed by atoms with E-state index >= 15 is 0 Å². The average molecular weight is 299 g/mol. The standard InChI is InChI=1S/C18H21NO3/c1-12-8-9-16(14(3)10-12)21-11-15-13(2)6-5-7-17(15)22-18(20)19-4/h5-10H,11H2,1-4H3,(H,19,20). The Morgan fingerprint density at radius 2 is 1.82 bits per heavy atom. The Morgan fingerprint density at radius 1 is 1.05 bits per heavy atom. The molecule has 0 aliphatic heterocycles. The van der Waals surface area contributed by atoms with Crippen LogP contribution in [0.3, 0.4) is 0 Å². The molecule has 0 radical (unpaired) electrons. The molecular weight excluding hydrogens is 278 g/mol. The van der Waals surface area contributed by atoms with Gasteiger partial charge in [0.15, 0.2) is 0 Å². The van der Waals surface area contributed by atoms with Crippen LogP contribution in [0.1, 0.15) is 22.3 Å². The van der Waals surface area contributed by atoms with Gasteiger partial charge >= 0.3 is 6.09 Å². The molecule has 0 unspecified atom stereocenters. The number of hydrogen-bond acceptors (Lipinski definition) is 3. The second-order valence-corrected chi connectivity index (χ2v) is 5.25. The molecule has 0 aliphatic carbocycles. The van der Waals surface area contributed by atoms with Crippen molar-refractivity contribution in [3.63, 3.8) is 0 Å². The van der Waals surface area contributed by atoms with E-state index in [0.717, 1.165) is 22.4 Å². The number of ether oxygens (including phenoxy) is 2. The molecule has 4 nitrogen and oxygen atoms in total. The number of nitrogens with one attached hydrogen (secondary N) is 1. The van der Waals surface area contributed by atoms with Crippen molar-refractivity contribution >= 4 is 6.09 Å². The monoisotopic (exact) mass is 299 g/mol. The number of benzene rings is 2. The van der Waals surface area contributed by atoms with Crippen LogP contribution in [0, 0.1) is 20.8 Å².